The maximum Gasteiger partial charge on any atom is 0.230 e. The number of piperidine rings is 1. The molecule has 0 aromatic carbocycles. The molecule has 7 heteroatoms. The zero-order chi connectivity index (χ0) is 13.8. The Labute approximate surface area is 109 Å². The van der Waals surface area contributed by atoms with Gasteiger partial charge in [-0.3, -0.25) is 0 Å². The van der Waals surface area contributed by atoms with E-state index in [0.29, 0.717) is 25.8 Å². The first kappa shape index (κ1) is 15.4. The van der Waals surface area contributed by atoms with Crippen molar-refractivity contribution in [2.75, 3.05) is 20.2 Å². The van der Waals surface area contributed by atoms with Gasteiger partial charge in [-0.25, -0.2) is 8.42 Å². The van der Waals surface area contributed by atoms with Crippen molar-refractivity contribution < 1.29 is 13.2 Å². The van der Waals surface area contributed by atoms with E-state index in [1.54, 1.807) is 14.0 Å². The van der Waals surface area contributed by atoms with Crippen LogP contribution < -0.4 is 5.73 Å². The summed E-state index contributed by atoms with van der Waals surface area (Å²) in [6, 6.07) is 1.59. The Morgan fingerprint density at radius 1 is 1.61 bits per heavy atom. The van der Waals surface area contributed by atoms with Gasteiger partial charge in [-0.2, -0.15) is 9.57 Å². The van der Waals surface area contributed by atoms with Gasteiger partial charge in [0, 0.05) is 26.2 Å². The van der Waals surface area contributed by atoms with Crippen molar-refractivity contribution in [2.24, 2.45) is 5.73 Å². The molecule has 0 bridgehead atoms. The zero-order valence-corrected chi connectivity index (χ0v) is 11.7. The van der Waals surface area contributed by atoms with Gasteiger partial charge < -0.3 is 10.5 Å². The summed E-state index contributed by atoms with van der Waals surface area (Å²) in [5.41, 5.74) is 5.65. The van der Waals surface area contributed by atoms with E-state index in [-0.39, 0.29) is 18.7 Å². The van der Waals surface area contributed by atoms with Crippen molar-refractivity contribution in [3.8, 4) is 6.07 Å². The molecule has 3 unspecified atom stereocenters. The summed E-state index contributed by atoms with van der Waals surface area (Å²) in [4.78, 5) is 0. The van der Waals surface area contributed by atoms with Crippen LogP contribution in [0.3, 0.4) is 0 Å². The molecule has 1 heterocycles. The number of rotatable bonds is 5. The first-order chi connectivity index (χ1) is 8.51. The lowest BCUT2D eigenvalue weighted by atomic mass is 10.0. The lowest BCUT2D eigenvalue weighted by molar-refractivity contribution is 0.0400. The predicted molar refractivity (Wildman–Crippen MR) is 68.2 cm³/mol. The van der Waals surface area contributed by atoms with Gasteiger partial charge in [-0.15, -0.1) is 0 Å². The van der Waals surface area contributed by atoms with Gasteiger partial charge in [0.15, 0.2) is 5.25 Å². The average Bonchev–Trinajstić information content (AvgIpc) is 2.38. The maximum absolute atomic E-state index is 12.3. The van der Waals surface area contributed by atoms with Gasteiger partial charge >= 0.3 is 0 Å². The van der Waals surface area contributed by atoms with Crippen LogP contribution in [-0.4, -0.2) is 50.3 Å². The minimum absolute atomic E-state index is 0.0483. The van der Waals surface area contributed by atoms with Crippen molar-refractivity contribution in [1.29, 1.82) is 5.26 Å². The van der Waals surface area contributed by atoms with Crippen molar-refractivity contribution in [3.05, 3.63) is 0 Å². The Morgan fingerprint density at radius 3 is 2.72 bits per heavy atom. The van der Waals surface area contributed by atoms with Crippen LogP contribution in [0.5, 0.6) is 0 Å². The number of nitrogens with two attached hydrogens (primary N) is 1. The second-order valence-electron chi connectivity index (χ2n) is 4.45. The Morgan fingerprint density at radius 2 is 2.28 bits per heavy atom. The van der Waals surface area contributed by atoms with E-state index >= 15 is 0 Å². The quantitative estimate of drug-likeness (QED) is 0.765. The van der Waals surface area contributed by atoms with Crippen molar-refractivity contribution in [1.82, 2.24) is 4.31 Å². The molecule has 1 saturated heterocycles. The molecule has 0 aromatic rings. The van der Waals surface area contributed by atoms with Gasteiger partial charge in [0.2, 0.25) is 10.0 Å². The van der Waals surface area contributed by atoms with Crippen LogP contribution in [0, 0.1) is 11.3 Å². The van der Waals surface area contributed by atoms with Crippen LogP contribution in [-0.2, 0) is 14.8 Å². The second kappa shape index (κ2) is 6.48. The fourth-order valence-corrected chi connectivity index (χ4v) is 4.12. The molecule has 6 nitrogen and oxygen atoms in total. The minimum Gasteiger partial charge on any atom is -0.381 e. The molecule has 3 atom stereocenters. The normalized spacial score (nSPS) is 27.7. The number of methoxy groups -OCH3 is 1. The van der Waals surface area contributed by atoms with Crippen LogP contribution in [0.1, 0.15) is 26.2 Å². The van der Waals surface area contributed by atoms with Crippen LogP contribution >= 0.6 is 0 Å². The van der Waals surface area contributed by atoms with E-state index in [4.69, 9.17) is 15.7 Å². The summed E-state index contributed by atoms with van der Waals surface area (Å²) in [6.45, 7) is 2.33. The van der Waals surface area contributed by atoms with Crippen LogP contribution in [0.2, 0.25) is 0 Å². The van der Waals surface area contributed by atoms with Crippen LogP contribution in [0.25, 0.3) is 0 Å². The summed E-state index contributed by atoms with van der Waals surface area (Å²) in [5, 5.41) is 7.96. The van der Waals surface area contributed by atoms with E-state index in [9.17, 15) is 8.42 Å². The Balaban J connectivity index is 2.91. The van der Waals surface area contributed by atoms with E-state index in [0.717, 1.165) is 0 Å². The Kier molecular flexibility index (Phi) is 5.53. The molecule has 0 aliphatic carbocycles. The molecule has 0 amide bonds. The summed E-state index contributed by atoms with van der Waals surface area (Å²) in [5.74, 6) is 0. The maximum atomic E-state index is 12.3. The smallest absolute Gasteiger partial charge is 0.230 e. The summed E-state index contributed by atoms with van der Waals surface area (Å²) >= 11 is 0. The lowest BCUT2D eigenvalue weighted by Crippen LogP contribution is -2.53. The van der Waals surface area contributed by atoms with Crippen molar-refractivity contribution in [3.63, 3.8) is 0 Å². The first-order valence-corrected chi connectivity index (χ1v) is 7.64. The highest BCUT2D eigenvalue weighted by molar-refractivity contribution is 7.90. The third kappa shape index (κ3) is 3.01. The fourth-order valence-electron chi connectivity index (χ4n) is 2.29. The minimum atomic E-state index is -3.58. The molecule has 1 rings (SSSR count). The lowest BCUT2D eigenvalue weighted by Gasteiger charge is -2.38. The van der Waals surface area contributed by atoms with Gasteiger partial charge in [0.25, 0.3) is 0 Å². The average molecular weight is 275 g/mol. The SMILES string of the molecule is CCC(C#N)S(=O)(=O)N1CCC(OC)CC1CN. The third-order valence-corrected chi connectivity index (χ3v) is 5.71. The molecule has 0 radical (unpaired) electrons. The largest absolute Gasteiger partial charge is 0.381 e. The predicted octanol–water partition coefficient (Wildman–Crippen LogP) is 0.0565. The summed E-state index contributed by atoms with van der Waals surface area (Å²) in [7, 11) is -1.96. The van der Waals surface area contributed by atoms with E-state index < -0.39 is 15.3 Å². The molecule has 1 aliphatic heterocycles. The van der Waals surface area contributed by atoms with Crippen molar-refractivity contribution >= 4 is 10.0 Å². The third-order valence-electron chi connectivity index (χ3n) is 3.42. The summed E-state index contributed by atoms with van der Waals surface area (Å²) < 4.78 is 31.3. The van der Waals surface area contributed by atoms with E-state index in [2.05, 4.69) is 0 Å². The van der Waals surface area contributed by atoms with Crippen molar-refractivity contribution in [2.45, 2.75) is 43.6 Å². The fraction of sp³-hybridized carbons (Fsp3) is 0.909. The molecule has 104 valence electrons. The monoisotopic (exact) mass is 275 g/mol. The second-order valence-corrected chi connectivity index (χ2v) is 6.52. The number of nitriles is 1. The van der Waals surface area contributed by atoms with Gasteiger partial charge in [-0.1, -0.05) is 6.92 Å². The Bertz CT molecular complexity index is 404. The molecule has 1 aliphatic rings. The van der Waals surface area contributed by atoms with Crippen LogP contribution in [0.4, 0.5) is 0 Å². The molecule has 0 aromatic heterocycles. The molecule has 1 fully saturated rings. The van der Waals surface area contributed by atoms with Gasteiger partial charge in [0.1, 0.15) is 0 Å². The van der Waals surface area contributed by atoms with Crippen LogP contribution in [0.15, 0.2) is 0 Å². The molecule has 18 heavy (non-hydrogen) atoms. The molecule has 0 spiro atoms. The molecule has 0 saturated carbocycles. The molecular formula is C11H21N3O3S. The number of sulfonamides is 1. The number of ether oxygens (including phenoxy) is 1. The van der Waals surface area contributed by atoms with Gasteiger partial charge in [0.05, 0.1) is 12.2 Å². The highest BCUT2D eigenvalue weighted by atomic mass is 32.2. The van der Waals surface area contributed by atoms with E-state index in [1.165, 1.54) is 4.31 Å². The van der Waals surface area contributed by atoms with E-state index in [1.807, 2.05) is 6.07 Å². The highest BCUT2D eigenvalue weighted by Gasteiger charge is 2.39. The molecule has 2 N–H and O–H groups in total. The zero-order valence-electron chi connectivity index (χ0n) is 10.9. The number of nitrogens with zero attached hydrogens (tertiary/aromatic N) is 2. The standard InChI is InChI=1S/C11H21N3O3S/c1-3-11(8-13)18(15,16)14-5-4-10(17-2)6-9(14)7-12/h9-11H,3-7,12H2,1-2H3. The number of hydrogen-bond acceptors (Lipinski definition) is 5. The number of hydrogen-bond donors (Lipinski definition) is 1. The molecular weight excluding hydrogens is 254 g/mol. The first-order valence-electron chi connectivity index (χ1n) is 6.14. The van der Waals surface area contributed by atoms with Gasteiger partial charge in [-0.05, 0) is 19.3 Å². The topological polar surface area (TPSA) is 96.4 Å². The highest BCUT2D eigenvalue weighted by Crippen LogP contribution is 2.24. The Hall–Kier alpha value is -0.680. The summed E-state index contributed by atoms with van der Waals surface area (Å²) in [6.07, 6.45) is 1.58.